The summed E-state index contributed by atoms with van der Waals surface area (Å²) in [5, 5.41) is 15.6. The van der Waals surface area contributed by atoms with Crippen LogP contribution in [0.25, 0.3) is 10.4 Å². The summed E-state index contributed by atoms with van der Waals surface area (Å²) in [6.07, 6.45) is 0. The molecule has 1 rings (SSSR count). The van der Waals surface area contributed by atoms with Gasteiger partial charge in [0.05, 0.1) is 10.0 Å². The molecule has 0 radical (unpaired) electrons. The van der Waals surface area contributed by atoms with Crippen LogP contribution >= 0.6 is 0 Å². The van der Waals surface area contributed by atoms with Crippen molar-refractivity contribution in [2.75, 3.05) is 0 Å². The van der Waals surface area contributed by atoms with Gasteiger partial charge in [0.15, 0.2) is 5.95 Å². The van der Waals surface area contributed by atoms with Crippen molar-refractivity contribution in [1.29, 1.82) is 0 Å². The first-order chi connectivity index (χ1) is 3.93. The maximum Gasteiger partial charge on any atom is 0.193 e. The van der Waals surface area contributed by atoms with E-state index in [0.29, 0.717) is 0 Å². The third kappa shape index (κ3) is 0.713. The van der Waals surface area contributed by atoms with Crippen LogP contribution in [0.15, 0.2) is 5.11 Å². The summed E-state index contributed by atoms with van der Waals surface area (Å²) in [6.45, 7) is 0. The molecule has 0 aromatic carbocycles. The van der Waals surface area contributed by atoms with E-state index in [1.165, 1.54) is 0 Å². The van der Waals surface area contributed by atoms with Crippen molar-refractivity contribution < 1.29 is 0 Å². The van der Waals surface area contributed by atoms with Gasteiger partial charge in [-0.15, -0.1) is 5.21 Å². The second-order valence-electron chi connectivity index (χ2n) is 0.868. The number of aromatic nitrogens is 4. The van der Waals surface area contributed by atoms with E-state index in [0.717, 1.165) is 0 Å². The fraction of sp³-hybridized carbons (Fsp3) is 0. The molecule has 0 unspecified atom stereocenters. The average Bonchev–Trinajstić information content (AvgIpc) is 2.19. The van der Waals surface area contributed by atoms with E-state index in [1.807, 2.05) is 0 Å². The number of azide groups is 1. The largest absolute Gasteiger partial charge is 0.262 e. The van der Waals surface area contributed by atoms with Crippen molar-refractivity contribution in [2.24, 2.45) is 5.11 Å². The Morgan fingerprint density at radius 3 is 3.12 bits per heavy atom. The van der Waals surface area contributed by atoms with Gasteiger partial charge in [0.25, 0.3) is 0 Å². The van der Waals surface area contributed by atoms with Gasteiger partial charge >= 0.3 is 0 Å². The molecule has 7 nitrogen and oxygen atoms in total. The maximum atomic E-state index is 7.76. The van der Waals surface area contributed by atoms with Gasteiger partial charge in [-0.05, 0) is 0 Å². The molecule has 40 valence electrons. The Hall–Kier alpha value is -1.62. The normalized spacial score (nSPS) is 8.00. The highest BCUT2D eigenvalue weighted by atomic mass is 15.5. The average molecular weight is 110 g/mol. The molecule has 0 aliphatic rings. The van der Waals surface area contributed by atoms with Crippen molar-refractivity contribution in [3.8, 4) is 0 Å². The smallest absolute Gasteiger partial charge is 0.193 e. The summed E-state index contributed by atoms with van der Waals surface area (Å²) in [6, 6.07) is 0. The predicted molar refractivity (Wildman–Crippen MR) is 22.0 cm³/mol. The van der Waals surface area contributed by atoms with Crippen molar-refractivity contribution in [3.05, 3.63) is 10.4 Å². The molecule has 0 spiro atoms. The van der Waals surface area contributed by atoms with Gasteiger partial charge in [-0.1, -0.05) is 0 Å². The van der Waals surface area contributed by atoms with Crippen LogP contribution in [-0.4, -0.2) is 15.5 Å². The van der Waals surface area contributed by atoms with Gasteiger partial charge in [-0.3, -0.25) is 5.10 Å². The maximum absolute atomic E-state index is 7.76. The van der Waals surface area contributed by atoms with E-state index < -0.39 is 0 Å². The quantitative estimate of drug-likeness (QED) is 0.283. The Labute approximate surface area is 43.3 Å². The highest BCUT2D eigenvalue weighted by Gasteiger charge is 1.81. The van der Waals surface area contributed by atoms with E-state index in [4.69, 9.17) is 5.53 Å². The van der Waals surface area contributed by atoms with Crippen molar-refractivity contribution >= 4 is 5.95 Å². The number of hydrogen-bond acceptors (Lipinski definition) is 4. The molecular formula is CN7-. The van der Waals surface area contributed by atoms with E-state index in [-0.39, 0.29) is 5.95 Å². The van der Waals surface area contributed by atoms with Gasteiger partial charge in [0.2, 0.25) is 0 Å². The standard InChI is InChI=1S/CN7/c2-6-3-1-4-7-8-5-1/q-1. The zero-order valence-electron chi connectivity index (χ0n) is 3.63. The molecule has 0 atom stereocenters. The topological polar surface area (TPSA) is 102 Å². The SMILES string of the molecule is [N-]=[N+]=Nc1nnn[n-]1. The lowest BCUT2D eigenvalue weighted by Gasteiger charge is -1.68. The lowest BCUT2D eigenvalue weighted by molar-refractivity contribution is 0.871. The van der Waals surface area contributed by atoms with Crippen LogP contribution in [0.3, 0.4) is 0 Å². The highest BCUT2D eigenvalue weighted by molar-refractivity contribution is 5.04. The Bertz CT molecular complexity index is 190. The van der Waals surface area contributed by atoms with Crippen molar-refractivity contribution in [2.45, 2.75) is 0 Å². The molecule has 7 heteroatoms. The minimum atomic E-state index is -0.0486. The zero-order chi connectivity index (χ0) is 5.82. The van der Waals surface area contributed by atoms with E-state index in [1.54, 1.807) is 0 Å². The molecular weight excluding hydrogens is 110 g/mol. The summed E-state index contributed by atoms with van der Waals surface area (Å²) < 4.78 is 0. The molecule has 8 heavy (non-hydrogen) atoms. The van der Waals surface area contributed by atoms with Crippen LogP contribution in [0.5, 0.6) is 0 Å². The van der Waals surface area contributed by atoms with Crippen molar-refractivity contribution in [1.82, 2.24) is 20.6 Å². The van der Waals surface area contributed by atoms with E-state index >= 15 is 0 Å². The van der Waals surface area contributed by atoms with Gasteiger partial charge in [0, 0.05) is 5.53 Å². The Morgan fingerprint density at radius 2 is 2.62 bits per heavy atom. The Kier molecular flexibility index (Phi) is 1.07. The fourth-order valence-electron chi connectivity index (χ4n) is 0.220. The second kappa shape index (κ2) is 1.90. The molecule has 0 saturated carbocycles. The lowest BCUT2D eigenvalue weighted by Crippen LogP contribution is -1.69. The number of rotatable bonds is 1. The molecule has 0 bridgehead atoms. The molecule has 0 saturated heterocycles. The Balaban J connectivity index is 2.93. The minimum Gasteiger partial charge on any atom is -0.262 e. The van der Waals surface area contributed by atoms with Gasteiger partial charge in [-0.25, -0.2) is 5.10 Å². The summed E-state index contributed by atoms with van der Waals surface area (Å²) in [4.78, 5) is 2.40. The first-order valence-electron chi connectivity index (χ1n) is 1.67. The molecule has 1 aromatic rings. The molecule has 0 N–H and O–H groups in total. The third-order valence-electron chi connectivity index (χ3n) is 0.442. The summed E-state index contributed by atoms with van der Waals surface area (Å²) in [5.41, 5.74) is 7.76. The van der Waals surface area contributed by atoms with Gasteiger partial charge in [-0.2, -0.15) is 5.21 Å². The van der Waals surface area contributed by atoms with Crippen LogP contribution in [0.2, 0.25) is 0 Å². The molecule has 0 aliphatic heterocycles. The Morgan fingerprint density at radius 1 is 1.75 bits per heavy atom. The van der Waals surface area contributed by atoms with E-state index in [2.05, 4.69) is 30.7 Å². The third-order valence-corrected chi connectivity index (χ3v) is 0.442. The molecule has 1 aromatic heterocycles. The zero-order valence-corrected chi connectivity index (χ0v) is 3.63. The highest BCUT2D eigenvalue weighted by Crippen LogP contribution is 1.92. The fourth-order valence-corrected chi connectivity index (χ4v) is 0.220. The second-order valence-corrected chi connectivity index (χ2v) is 0.868. The number of tetrazole rings is 1. The number of hydrogen-bond donors (Lipinski definition) is 0. The molecule has 1 heterocycles. The minimum absolute atomic E-state index is 0.0486. The van der Waals surface area contributed by atoms with Crippen LogP contribution < -0.4 is 5.10 Å². The molecule has 0 amide bonds. The van der Waals surface area contributed by atoms with Crippen LogP contribution in [-0.2, 0) is 0 Å². The van der Waals surface area contributed by atoms with Gasteiger partial charge < -0.3 is 0 Å². The first-order valence-corrected chi connectivity index (χ1v) is 1.67. The first kappa shape index (κ1) is 4.54. The van der Waals surface area contributed by atoms with Crippen molar-refractivity contribution in [3.63, 3.8) is 0 Å². The molecule has 0 aliphatic carbocycles. The van der Waals surface area contributed by atoms with Crippen LogP contribution in [0, 0.1) is 0 Å². The lowest BCUT2D eigenvalue weighted by atomic mass is 11.1. The summed E-state index contributed by atoms with van der Waals surface area (Å²) in [7, 11) is 0. The van der Waals surface area contributed by atoms with Gasteiger partial charge in [0.1, 0.15) is 0 Å². The molecule has 0 fully saturated rings. The predicted octanol–water partition coefficient (Wildman–Crippen LogP) is -0.229. The monoisotopic (exact) mass is 110 g/mol. The van der Waals surface area contributed by atoms with Crippen LogP contribution in [0.4, 0.5) is 5.95 Å². The summed E-state index contributed by atoms with van der Waals surface area (Å²) >= 11 is 0. The number of nitrogens with zero attached hydrogens (tertiary/aromatic N) is 7. The summed E-state index contributed by atoms with van der Waals surface area (Å²) in [5.74, 6) is -0.0486. The van der Waals surface area contributed by atoms with Crippen LogP contribution in [0.1, 0.15) is 0 Å². The van der Waals surface area contributed by atoms with E-state index in [9.17, 15) is 0 Å².